The van der Waals surface area contributed by atoms with Gasteiger partial charge in [0.15, 0.2) is 0 Å². The fourth-order valence-electron chi connectivity index (χ4n) is 5.61. The van der Waals surface area contributed by atoms with Crippen LogP contribution in [0.25, 0.3) is 68.6 Å². The molecular formula is C40H24N4Zn. The standard InChI is InChI=1S/C40H24N4.Zn/c1-4-10-27(11-5-1)16-19-32-33-22-24-37(43-33)39(28-12-6-2-7-13-28)35-20-17-30(41-35)26-31-18-21-36(42-31)40(29-14-8-3-9-15-29)38-25-23-34(32)44-38;/h1-15,17-18,20-26H;/q-2;+2. The molecule has 5 heteroatoms. The van der Waals surface area contributed by atoms with E-state index in [1.54, 1.807) is 0 Å². The van der Waals surface area contributed by atoms with Crippen LogP contribution in [0.4, 0.5) is 0 Å². The van der Waals surface area contributed by atoms with E-state index >= 15 is 0 Å². The van der Waals surface area contributed by atoms with Crippen molar-refractivity contribution in [2.24, 2.45) is 0 Å². The van der Waals surface area contributed by atoms with Crippen LogP contribution < -0.4 is 9.97 Å². The molecule has 6 aromatic rings. The first-order chi connectivity index (χ1) is 21.8. The summed E-state index contributed by atoms with van der Waals surface area (Å²) in [5.74, 6) is 6.77. The van der Waals surface area contributed by atoms with Crippen molar-refractivity contribution < 1.29 is 19.5 Å². The molecule has 0 aliphatic carbocycles. The predicted molar refractivity (Wildman–Crippen MR) is 180 cm³/mol. The average Bonchev–Trinajstić information content (AvgIpc) is 3.90. The van der Waals surface area contributed by atoms with Gasteiger partial charge in [-0.15, -0.1) is 22.1 Å². The fourth-order valence-corrected chi connectivity index (χ4v) is 5.61. The Bertz CT molecular complexity index is 2280. The van der Waals surface area contributed by atoms with Gasteiger partial charge in [0.25, 0.3) is 0 Å². The van der Waals surface area contributed by atoms with E-state index in [1.165, 1.54) is 0 Å². The van der Waals surface area contributed by atoms with Gasteiger partial charge < -0.3 is 9.97 Å². The Morgan fingerprint density at radius 2 is 1.02 bits per heavy atom. The van der Waals surface area contributed by atoms with Gasteiger partial charge >= 0.3 is 19.5 Å². The molecule has 8 bridgehead atoms. The molecule has 0 N–H and O–H groups in total. The van der Waals surface area contributed by atoms with E-state index in [4.69, 9.17) is 19.9 Å². The third kappa shape index (κ3) is 5.60. The van der Waals surface area contributed by atoms with Gasteiger partial charge in [0.1, 0.15) is 0 Å². The molecule has 0 fully saturated rings. The predicted octanol–water partition coefficient (Wildman–Crippen LogP) is 8.65. The van der Waals surface area contributed by atoms with E-state index in [0.717, 1.165) is 78.2 Å². The third-order valence-electron chi connectivity index (χ3n) is 7.67. The largest absolute Gasteiger partial charge is 2.00 e. The fraction of sp³-hybridized carbons (Fsp3) is 0. The van der Waals surface area contributed by atoms with Crippen LogP contribution in [0.1, 0.15) is 33.9 Å². The first-order valence-electron chi connectivity index (χ1n) is 14.5. The minimum Gasteiger partial charge on any atom is -0.657 e. The van der Waals surface area contributed by atoms with Crippen LogP contribution in [-0.2, 0) is 19.5 Å². The Morgan fingerprint density at radius 1 is 0.467 bits per heavy atom. The number of rotatable bonds is 2. The van der Waals surface area contributed by atoms with Crippen LogP contribution in [0.15, 0.2) is 121 Å². The molecule has 8 rings (SSSR count). The summed E-state index contributed by atoms with van der Waals surface area (Å²) in [6.45, 7) is 0. The van der Waals surface area contributed by atoms with Gasteiger partial charge in [0.2, 0.25) is 0 Å². The number of nitrogens with zero attached hydrogens (tertiary/aromatic N) is 4. The first-order valence-corrected chi connectivity index (χ1v) is 14.5. The molecule has 4 nitrogen and oxygen atoms in total. The minimum atomic E-state index is 0. The first kappa shape index (κ1) is 28.2. The Kier molecular flexibility index (Phi) is 7.66. The molecule has 3 aromatic carbocycles. The maximum Gasteiger partial charge on any atom is 2.00 e. The van der Waals surface area contributed by atoms with Crippen molar-refractivity contribution in [1.29, 1.82) is 0 Å². The second kappa shape index (κ2) is 12.2. The number of fused-ring (bicyclic) bond motifs is 8. The number of aromatic nitrogens is 4. The van der Waals surface area contributed by atoms with Crippen LogP contribution in [0.5, 0.6) is 0 Å². The van der Waals surface area contributed by atoms with E-state index in [2.05, 4.69) is 48.2 Å². The van der Waals surface area contributed by atoms with Crippen LogP contribution in [0.3, 0.4) is 0 Å². The normalized spacial score (nSPS) is 11.5. The zero-order chi connectivity index (χ0) is 29.3. The van der Waals surface area contributed by atoms with Crippen LogP contribution >= 0.6 is 0 Å². The maximum atomic E-state index is 5.16. The number of hydrogen-bond acceptors (Lipinski definition) is 2. The van der Waals surface area contributed by atoms with Crippen LogP contribution in [0.2, 0.25) is 0 Å². The molecule has 0 unspecified atom stereocenters. The summed E-state index contributed by atoms with van der Waals surface area (Å²) in [5, 5.41) is 0. The summed E-state index contributed by atoms with van der Waals surface area (Å²) in [6.07, 6.45) is 8.16. The molecule has 2 aliphatic rings. The molecule has 206 valence electrons. The second-order valence-electron chi connectivity index (χ2n) is 10.6. The van der Waals surface area contributed by atoms with E-state index in [0.29, 0.717) is 0 Å². The van der Waals surface area contributed by atoms with Gasteiger partial charge in [-0.3, -0.25) is 0 Å². The second-order valence-corrected chi connectivity index (χ2v) is 10.6. The Labute approximate surface area is 274 Å². The van der Waals surface area contributed by atoms with E-state index in [1.807, 2.05) is 109 Å². The quantitative estimate of drug-likeness (QED) is 0.143. The van der Waals surface area contributed by atoms with Gasteiger partial charge in [-0.25, -0.2) is 9.97 Å². The SMILES string of the molecule is C(#Cc1c2nc(c(-c3ccccc3)c3ccc(cc4nc(c(-c5ccccc5)c5ccc1[n-]5)C=C4)[n-]3)C=C2)c1ccccc1.[Zn+2]. The van der Waals surface area contributed by atoms with Gasteiger partial charge in [-0.05, 0) is 58.7 Å². The number of hydrogen-bond donors (Lipinski definition) is 0. The monoisotopic (exact) mass is 624 g/mol. The zero-order valence-electron chi connectivity index (χ0n) is 24.4. The van der Waals surface area contributed by atoms with Gasteiger partial charge in [-0.2, -0.15) is 0 Å². The maximum absolute atomic E-state index is 5.16. The molecule has 0 saturated heterocycles. The van der Waals surface area contributed by atoms with E-state index in [-0.39, 0.29) is 19.5 Å². The molecule has 3 aromatic heterocycles. The third-order valence-corrected chi connectivity index (χ3v) is 7.67. The van der Waals surface area contributed by atoms with Crippen molar-refractivity contribution in [2.45, 2.75) is 0 Å². The van der Waals surface area contributed by atoms with E-state index in [9.17, 15) is 0 Å². The van der Waals surface area contributed by atoms with Crippen molar-refractivity contribution in [1.82, 2.24) is 19.9 Å². The molecule has 0 radical (unpaired) electrons. The Hall–Kier alpha value is -5.56. The zero-order valence-corrected chi connectivity index (χ0v) is 27.3. The Balaban J connectivity index is 0.00000325. The van der Waals surface area contributed by atoms with E-state index < -0.39 is 0 Å². The van der Waals surface area contributed by atoms with Gasteiger partial charge in [-0.1, -0.05) is 121 Å². The molecule has 0 spiro atoms. The van der Waals surface area contributed by atoms with Crippen molar-refractivity contribution in [3.05, 3.63) is 155 Å². The van der Waals surface area contributed by atoms with Crippen LogP contribution in [-0.4, -0.2) is 9.97 Å². The van der Waals surface area contributed by atoms with Crippen molar-refractivity contribution in [3.8, 4) is 34.1 Å². The smallest absolute Gasteiger partial charge is 0.657 e. The van der Waals surface area contributed by atoms with Crippen molar-refractivity contribution in [3.63, 3.8) is 0 Å². The molecule has 0 amide bonds. The summed E-state index contributed by atoms with van der Waals surface area (Å²) in [7, 11) is 0. The molecule has 0 atom stereocenters. The topological polar surface area (TPSA) is 54.0 Å². The Morgan fingerprint density at radius 3 is 1.73 bits per heavy atom. The summed E-state index contributed by atoms with van der Waals surface area (Å²) >= 11 is 0. The molecular weight excluding hydrogens is 602 g/mol. The molecule has 5 heterocycles. The van der Waals surface area contributed by atoms with Gasteiger partial charge in [0, 0.05) is 11.1 Å². The van der Waals surface area contributed by atoms with Crippen molar-refractivity contribution in [2.75, 3.05) is 0 Å². The molecule has 0 saturated carbocycles. The summed E-state index contributed by atoms with van der Waals surface area (Å²) in [4.78, 5) is 20.4. The van der Waals surface area contributed by atoms with Crippen LogP contribution in [0, 0.1) is 11.8 Å². The minimum absolute atomic E-state index is 0. The molecule has 45 heavy (non-hydrogen) atoms. The summed E-state index contributed by atoms with van der Waals surface area (Å²) in [5.41, 5.74) is 12.3. The average molecular weight is 626 g/mol. The summed E-state index contributed by atoms with van der Waals surface area (Å²) in [6, 6.07) is 40.7. The number of benzene rings is 3. The van der Waals surface area contributed by atoms with Crippen molar-refractivity contribution >= 4 is 46.4 Å². The van der Waals surface area contributed by atoms with Gasteiger partial charge in [0.05, 0.1) is 22.8 Å². The molecule has 2 aliphatic heterocycles. The summed E-state index contributed by atoms with van der Waals surface area (Å²) < 4.78 is 0.